The number of hydrogen-bond donors (Lipinski definition) is 2. The van der Waals surface area contributed by atoms with Gasteiger partial charge < -0.3 is 15.3 Å². The van der Waals surface area contributed by atoms with Gasteiger partial charge in [0.1, 0.15) is 0 Å². The third-order valence-corrected chi connectivity index (χ3v) is 4.67. The number of anilines is 2. The first-order valence-electron chi connectivity index (χ1n) is 8.87. The molecule has 0 atom stereocenters. The van der Waals surface area contributed by atoms with E-state index in [4.69, 9.17) is 0 Å². The van der Waals surface area contributed by atoms with Crippen LogP contribution >= 0.6 is 0 Å². The molecule has 1 saturated heterocycles. The van der Waals surface area contributed by atoms with Crippen molar-refractivity contribution in [3.8, 4) is 0 Å². The molecular formula is C20H19F3N2O3. The minimum absolute atomic E-state index is 0.0157. The Labute approximate surface area is 159 Å². The van der Waals surface area contributed by atoms with Gasteiger partial charge in [0.05, 0.1) is 28.1 Å². The highest BCUT2D eigenvalue weighted by molar-refractivity contribution is 6.11. The second-order valence-electron chi connectivity index (χ2n) is 6.58. The number of alkyl halides is 3. The number of rotatable bonds is 4. The van der Waals surface area contributed by atoms with Crippen molar-refractivity contribution in [3.05, 3.63) is 59.2 Å². The van der Waals surface area contributed by atoms with E-state index in [2.05, 4.69) is 5.32 Å². The lowest BCUT2D eigenvalue weighted by Crippen LogP contribution is -2.30. The second-order valence-corrected chi connectivity index (χ2v) is 6.58. The number of aromatic carboxylic acids is 1. The Bertz CT molecular complexity index is 891. The number of hydrogen-bond acceptors (Lipinski definition) is 3. The van der Waals surface area contributed by atoms with Crippen LogP contribution in [0.1, 0.15) is 45.5 Å². The predicted octanol–water partition coefficient (Wildman–Crippen LogP) is 4.65. The first kappa shape index (κ1) is 19.7. The molecule has 0 spiro atoms. The van der Waals surface area contributed by atoms with Gasteiger partial charge >= 0.3 is 12.1 Å². The zero-order valence-corrected chi connectivity index (χ0v) is 14.9. The number of benzene rings is 2. The summed E-state index contributed by atoms with van der Waals surface area (Å²) in [6.45, 7) is 1.36. The van der Waals surface area contributed by atoms with E-state index in [1.165, 1.54) is 30.3 Å². The minimum atomic E-state index is -4.56. The van der Waals surface area contributed by atoms with Crippen LogP contribution in [0.3, 0.4) is 0 Å². The molecule has 5 nitrogen and oxygen atoms in total. The molecule has 1 aliphatic heterocycles. The standard InChI is InChI=1S/C20H19F3N2O3/c21-20(22,23)13-8-9-17(25-10-4-1-5-11-25)16(12-13)24-18(26)14-6-2-3-7-15(14)19(27)28/h2-3,6-9,12H,1,4-5,10-11H2,(H,24,26)(H,27,28). The fourth-order valence-electron chi connectivity index (χ4n) is 3.28. The van der Waals surface area contributed by atoms with Crippen LogP contribution in [0.4, 0.5) is 24.5 Å². The number of amides is 1. The third-order valence-electron chi connectivity index (χ3n) is 4.67. The molecule has 0 radical (unpaired) electrons. The maximum atomic E-state index is 13.2. The lowest BCUT2D eigenvalue weighted by Gasteiger charge is -2.31. The highest BCUT2D eigenvalue weighted by Gasteiger charge is 2.32. The lowest BCUT2D eigenvalue weighted by atomic mass is 10.1. The Hall–Kier alpha value is -3.03. The number of carbonyl (C=O) groups is 2. The molecule has 1 aliphatic rings. The summed E-state index contributed by atoms with van der Waals surface area (Å²) in [6, 6.07) is 8.81. The molecule has 2 aromatic carbocycles. The van der Waals surface area contributed by atoms with Crippen molar-refractivity contribution in [2.45, 2.75) is 25.4 Å². The van der Waals surface area contributed by atoms with Gasteiger partial charge in [-0.05, 0) is 49.6 Å². The maximum Gasteiger partial charge on any atom is 0.416 e. The van der Waals surface area contributed by atoms with E-state index in [1.54, 1.807) is 0 Å². The second kappa shape index (κ2) is 7.92. The van der Waals surface area contributed by atoms with E-state index in [1.807, 2.05) is 4.90 Å². The van der Waals surface area contributed by atoms with Crippen LogP contribution in [0.2, 0.25) is 0 Å². The van der Waals surface area contributed by atoms with Crippen molar-refractivity contribution >= 4 is 23.3 Å². The van der Waals surface area contributed by atoms with Crippen molar-refractivity contribution in [1.82, 2.24) is 0 Å². The molecule has 3 rings (SSSR count). The molecule has 1 amide bonds. The molecule has 0 saturated carbocycles. The van der Waals surface area contributed by atoms with Gasteiger partial charge in [-0.3, -0.25) is 4.79 Å². The first-order chi connectivity index (χ1) is 13.3. The van der Waals surface area contributed by atoms with Gasteiger partial charge in [-0.1, -0.05) is 12.1 Å². The summed E-state index contributed by atoms with van der Waals surface area (Å²) < 4.78 is 39.5. The van der Waals surface area contributed by atoms with Gasteiger partial charge in [-0.2, -0.15) is 13.2 Å². The van der Waals surface area contributed by atoms with Gasteiger partial charge in [0.15, 0.2) is 0 Å². The fourth-order valence-corrected chi connectivity index (χ4v) is 3.28. The SMILES string of the molecule is O=C(O)c1ccccc1C(=O)Nc1cc(C(F)(F)F)ccc1N1CCCCC1. The van der Waals surface area contributed by atoms with E-state index in [0.717, 1.165) is 31.4 Å². The summed E-state index contributed by atoms with van der Waals surface area (Å²) in [5, 5.41) is 11.7. The van der Waals surface area contributed by atoms with Gasteiger partial charge in [0.2, 0.25) is 0 Å². The molecule has 2 aromatic rings. The van der Waals surface area contributed by atoms with Crippen LogP contribution in [0, 0.1) is 0 Å². The maximum absolute atomic E-state index is 13.2. The number of halogens is 3. The summed E-state index contributed by atoms with van der Waals surface area (Å²) >= 11 is 0. The number of piperidine rings is 1. The predicted molar refractivity (Wildman–Crippen MR) is 98.9 cm³/mol. The van der Waals surface area contributed by atoms with Crippen LogP contribution in [-0.4, -0.2) is 30.1 Å². The molecule has 1 heterocycles. The number of nitrogens with one attached hydrogen (secondary N) is 1. The third kappa shape index (κ3) is 4.27. The van der Waals surface area contributed by atoms with E-state index in [0.29, 0.717) is 18.8 Å². The Morgan fingerprint density at radius 1 is 0.964 bits per heavy atom. The number of nitrogens with zero attached hydrogens (tertiary/aromatic N) is 1. The summed E-state index contributed by atoms with van der Waals surface area (Å²) in [5.41, 5.74) is -0.700. The van der Waals surface area contributed by atoms with Gasteiger partial charge in [0.25, 0.3) is 5.91 Å². The van der Waals surface area contributed by atoms with E-state index in [-0.39, 0.29) is 16.8 Å². The van der Waals surface area contributed by atoms with Crippen LogP contribution in [0.5, 0.6) is 0 Å². The van der Waals surface area contributed by atoms with Crippen molar-refractivity contribution in [1.29, 1.82) is 0 Å². The fraction of sp³-hybridized carbons (Fsp3) is 0.300. The monoisotopic (exact) mass is 392 g/mol. The zero-order chi connectivity index (χ0) is 20.3. The molecule has 0 bridgehead atoms. The Morgan fingerprint density at radius 3 is 2.21 bits per heavy atom. The van der Waals surface area contributed by atoms with Crippen molar-refractivity contribution < 1.29 is 27.9 Å². The smallest absolute Gasteiger partial charge is 0.416 e. The zero-order valence-electron chi connectivity index (χ0n) is 14.9. The largest absolute Gasteiger partial charge is 0.478 e. The van der Waals surface area contributed by atoms with Crippen LogP contribution in [0.15, 0.2) is 42.5 Å². The van der Waals surface area contributed by atoms with Crippen LogP contribution < -0.4 is 10.2 Å². The number of carboxylic acids is 1. The minimum Gasteiger partial charge on any atom is -0.478 e. The summed E-state index contributed by atoms with van der Waals surface area (Å²) in [7, 11) is 0. The topological polar surface area (TPSA) is 69.6 Å². The average molecular weight is 392 g/mol. The molecule has 0 aliphatic carbocycles. The van der Waals surface area contributed by atoms with Crippen molar-refractivity contribution in [3.63, 3.8) is 0 Å². The number of carboxylic acid groups (broad SMARTS) is 1. The average Bonchev–Trinajstić information content (AvgIpc) is 2.68. The van der Waals surface area contributed by atoms with E-state index < -0.39 is 23.6 Å². The summed E-state index contributed by atoms with van der Waals surface area (Å²) in [5.74, 6) is -2.05. The van der Waals surface area contributed by atoms with Gasteiger partial charge in [-0.25, -0.2) is 4.79 Å². The van der Waals surface area contributed by atoms with E-state index in [9.17, 15) is 27.9 Å². The van der Waals surface area contributed by atoms with Gasteiger partial charge in [0, 0.05) is 13.1 Å². The van der Waals surface area contributed by atoms with Crippen LogP contribution in [-0.2, 0) is 6.18 Å². The summed E-state index contributed by atoms with van der Waals surface area (Å²) in [6.07, 6.45) is -1.68. The van der Waals surface area contributed by atoms with Crippen molar-refractivity contribution in [2.75, 3.05) is 23.3 Å². The van der Waals surface area contributed by atoms with Gasteiger partial charge in [-0.15, -0.1) is 0 Å². The molecule has 0 aromatic heterocycles. The molecule has 2 N–H and O–H groups in total. The van der Waals surface area contributed by atoms with Crippen LogP contribution in [0.25, 0.3) is 0 Å². The molecule has 0 unspecified atom stereocenters. The highest BCUT2D eigenvalue weighted by atomic mass is 19.4. The molecular weight excluding hydrogens is 373 g/mol. The Balaban J connectivity index is 1.99. The molecule has 28 heavy (non-hydrogen) atoms. The lowest BCUT2D eigenvalue weighted by molar-refractivity contribution is -0.137. The Morgan fingerprint density at radius 2 is 1.61 bits per heavy atom. The quantitative estimate of drug-likeness (QED) is 0.795. The normalized spacial score (nSPS) is 14.6. The van der Waals surface area contributed by atoms with Crippen molar-refractivity contribution in [2.24, 2.45) is 0 Å². The molecule has 1 fully saturated rings. The van der Waals surface area contributed by atoms with E-state index >= 15 is 0 Å². The molecule has 148 valence electrons. The number of carbonyl (C=O) groups excluding carboxylic acids is 1. The summed E-state index contributed by atoms with van der Waals surface area (Å²) in [4.78, 5) is 25.9. The Kier molecular flexibility index (Phi) is 5.58. The molecule has 8 heteroatoms. The highest BCUT2D eigenvalue weighted by Crippen LogP contribution is 2.36. The first-order valence-corrected chi connectivity index (χ1v) is 8.87.